The van der Waals surface area contributed by atoms with E-state index < -0.39 is 11.7 Å². The van der Waals surface area contributed by atoms with Crippen molar-refractivity contribution < 1.29 is 9.53 Å². The lowest BCUT2D eigenvalue weighted by Gasteiger charge is -2.21. The van der Waals surface area contributed by atoms with Crippen molar-refractivity contribution >= 4 is 22.6 Å². The standard InChI is InChI=1S/C11H19N3O2S/c1-7(8-6-17-9(12-5)14-8)13-10(15)16-11(2,3)4/h6-7H,1-5H3,(H,12,14)(H,13,15)/t7-/m1/s1. The van der Waals surface area contributed by atoms with Gasteiger partial charge in [0.25, 0.3) is 0 Å². The normalized spacial score (nSPS) is 13.0. The highest BCUT2D eigenvalue weighted by atomic mass is 32.1. The van der Waals surface area contributed by atoms with E-state index in [1.165, 1.54) is 11.3 Å². The van der Waals surface area contributed by atoms with E-state index in [4.69, 9.17) is 4.74 Å². The Labute approximate surface area is 106 Å². The van der Waals surface area contributed by atoms with Crippen LogP contribution in [0.3, 0.4) is 0 Å². The first-order valence-electron chi connectivity index (χ1n) is 5.44. The second-order valence-corrected chi connectivity index (χ2v) is 5.55. The number of rotatable bonds is 3. The van der Waals surface area contributed by atoms with Crippen LogP contribution in [0.1, 0.15) is 39.4 Å². The Kier molecular flexibility index (Phi) is 4.34. The van der Waals surface area contributed by atoms with Crippen LogP contribution in [-0.2, 0) is 4.74 Å². The minimum atomic E-state index is -0.484. The van der Waals surface area contributed by atoms with Gasteiger partial charge in [0, 0.05) is 12.4 Å². The molecule has 0 aromatic carbocycles. The number of nitrogens with zero attached hydrogens (tertiary/aromatic N) is 1. The Hall–Kier alpha value is -1.30. The first-order chi connectivity index (χ1) is 7.81. The maximum Gasteiger partial charge on any atom is 0.408 e. The maximum absolute atomic E-state index is 11.5. The molecule has 96 valence electrons. The van der Waals surface area contributed by atoms with Gasteiger partial charge < -0.3 is 15.4 Å². The summed E-state index contributed by atoms with van der Waals surface area (Å²) < 4.78 is 5.17. The van der Waals surface area contributed by atoms with Crippen LogP contribution < -0.4 is 10.6 Å². The van der Waals surface area contributed by atoms with Crippen molar-refractivity contribution in [3.63, 3.8) is 0 Å². The van der Waals surface area contributed by atoms with Gasteiger partial charge in [-0.05, 0) is 27.7 Å². The largest absolute Gasteiger partial charge is 0.444 e. The molecule has 1 atom stereocenters. The summed E-state index contributed by atoms with van der Waals surface area (Å²) in [6, 6.07) is -0.164. The van der Waals surface area contributed by atoms with Crippen molar-refractivity contribution in [1.82, 2.24) is 10.3 Å². The second-order valence-electron chi connectivity index (χ2n) is 4.70. The van der Waals surface area contributed by atoms with Crippen LogP contribution in [0.5, 0.6) is 0 Å². The number of hydrogen-bond donors (Lipinski definition) is 2. The van der Waals surface area contributed by atoms with E-state index in [1.807, 2.05) is 40.1 Å². The predicted molar refractivity (Wildman–Crippen MR) is 69.4 cm³/mol. The molecular weight excluding hydrogens is 238 g/mol. The molecule has 6 heteroatoms. The third-order valence-electron chi connectivity index (χ3n) is 1.91. The van der Waals surface area contributed by atoms with Gasteiger partial charge in [0.15, 0.2) is 5.13 Å². The van der Waals surface area contributed by atoms with Crippen LogP contribution in [0, 0.1) is 0 Å². The third kappa shape index (κ3) is 4.60. The van der Waals surface area contributed by atoms with E-state index in [0.717, 1.165) is 10.8 Å². The van der Waals surface area contributed by atoms with Crippen molar-refractivity contribution in [1.29, 1.82) is 0 Å². The predicted octanol–water partition coefficient (Wildman–Crippen LogP) is 2.77. The number of amides is 1. The van der Waals surface area contributed by atoms with Gasteiger partial charge in [0.05, 0.1) is 11.7 Å². The monoisotopic (exact) mass is 257 g/mol. The molecule has 0 unspecified atom stereocenters. The van der Waals surface area contributed by atoms with E-state index in [2.05, 4.69) is 15.6 Å². The fourth-order valence-electron chi connectivity index (χ4n) is 1.16. The number of hydrogen-bond acceptors (Lipinski definition) is 5. The maximum atomic E-state index is 11.5. The van der Waals surface area contributed by atoms with Gasteiger partial charge >= 0.3 is 6.09 Å². The Balaban J connectivity index is 2.54. The number of alkyl carbamates (subject to hydrolysis) is 1. The minimum Gasteiger partial charge on any atom is -0.444 e. The summed E-state index contributed by atoms with van der Waals surface area (Å²) >= 11 is 1.50. The summed E-state index contributed by atoms with van der Waals surface area (Å²) in [5.74, 6) is 0. The number of carbonyl (C=O) groups is 1. The number of anilines is 1. The Morgan fingerprint density at radius 1 is 1.53 bits per heavy atom. The molecule has 1 heterocycles. The fraction of sp³-hybridized carbons (Fsp3) is 0.636. The summed E-state index contributed by atoms with van der Waals surface area (Å²) in [7, 11) is 1.81. The first kappa shape index (κ1) is 13.8. The molecule has 1 aromatic rings. The SMILES string of the molecule is CNc1nc([C@@H](C)NC(=O)OC(C)(C)C)cs1. The summed E-state index contributed by atoms with van der Waals surface area (Å²) in [4.78, 5) is 15.9. The van der Waals surface area contributed by atoms with Crippen molar-refractivity contribution in [2.24, 2.45) is 0 Å². The van der Waals surface area contributed by atoms with E-state index in [9.17, 15) is 4.79 Å². The molecule has 2 N–H and O–H groups in total. The van der Waals surface area contributed by atoms with Crippen molar-refractivity contribution in [2.45, 2.75) is 39.3 Å². The lowest BCUT2D eigenvalue weighted by atomic mass is 10.2. The van der Waals surface area contributed by atoms with Gasteiger partial charge in [-0.1, -0.05) is 0 Å². The van der Waals surface area contributed by atoms with Crippen LogP contribution in [0.4, 0.5) is 9.93 Å². The molecule has 0 radical (unpaired) electrons. The average molecular weight is 257 g/mol. The molecule has 0 saturated carbocycles. The Morgan fingerprint density at radius 3 is 2.65 bits per heavy atom. The van der Waals surface area contributed by atoms with Crippen molar-refractivity contribution in [3.8, 4) is 0 Å². The molecule has 0 bridgehead atoms. The average Bonchev–Trinajstić information content (AvgIpc) is 2.62. The van der Waals surface area contributed by atoms with E-state index in [0.29, 0.717) is 0 Å². The van der Waals surface area contributed by atoms with Gasteiger partial charge in [-0.3, -0.25) is 0 Å². The molecule has 0 aliphatic heterocycles. The molecule has 1 rings (SSSR count). The molecule has 17 heavy (non-hydrogen) atoms. The van der Waals surface area contributed by atoms with Crippen LogP contribution in [0.2, 0.25) is 0 Å². The quantitative estimate of drug-likeness (QED) is 0.874. The smallest absolute Gasteiger partial charge is 0.408 e. The summed E-state index contributed by atoms with van der Waals surface area (Å²) in [6.07, 6.45) is -0.427. The number of carbonyl (C=O) groups excluding carboxylic acids is 1. The Morgan fingerprint density at radius 2 is 2.18 bits per heavy atom. The van der Waals surface area contributed by atoms with Crippen LogP contribution in [0.15, 0.2) is 5.38 Å². The van der Waals surface area contributed by atoms with Crippen LogP contribution in [0.25, 0.3) is 0 Å². The second kappa shape index (κ2) is 5.35. The Bertz CT molecular complexity index is 384. The molecule has 5 nitrogen and oxygen atoms in total. The topological polar surface area (TPSA) is 63.2 Å². The molecular formula is C11H19N3O2S. The number of ether oxygens (including phenoxy) is 1. The zero-order chi connectivity index (χ0) is 13.1. The van der Waals surface area contributed by atoms with E-state index in [1.54, 1.807) is 0 Å². The highest BCUT2D eigenvalue weighted by molar-refractivity contribution is 7.13. The molecule has 0 saturated heterocycles. The highest BCUT2D eigenvalue weighted by Gasteiger charge is 2.19. The van der Waals surface area contributed by atoms with E-state index in [-0.39, 0.29) is 6.04 Å². The van der Waals surface area contributed by atoms with Gasteiger partial charge in [0.1, 0.15) is 5.60 Å². The lowest BCUT2D eigenvalue weighted by Crippen LogP contribution is -2.34. The summed E-state index contributed by atoms with van der Waals surface area (Å²) in [6.45, 7) is 7.37. The fourth-order valence-corrected chi connectivity index (χ4v) is 1.92. The van der Waals surface area contributed by atoms with Crippen LogP contribution >= 0.6 is 11.3 Å². The third-order valence-corrected chi connectivity index (χ3v) is 2.79. The van der Waals surface area contributed by atoms with Gasteiger partial charge in [0.2, 0.25) is 0 Å². The molecule has 0 spiro atoms. The zero-order valence-corrected chi connectivity index (χ0v) is 11.6. The molecule has 0 aliphatic carbocycles. The zero-order valence-electron chi connectivity index (χ0n) is 10.8. The van der Waals surface area contributed by atoms with Gasteiger partial charge in [-0.2, -0.15) is 0 Å². The molecule has 0 aliphatic rings. The number of nitrogens with one attached hydrogen (secondary N) is 2. The molecule has 1 amide bonds. The lowest BCUT2D eigenvalue weighted by molar-refractivity contribution is 0.0507. The first-order valence-corrected chi connectivity index (χ1v) is 6.32. The molecule has 1 aromatic heterocycles. The molecule has 0 fully saturated rings. The number of aromatic nitrogens is 1. The summed E-state index contributed by atoms with van der Waals surface area (Å²) in [5, 5.41) is 8.44. The minimum absolute atomic E-state index is 0.164. The van der Waals surface area contributed by atoms with E-state index >= 15 is 0 Å². The van der Waals surface area contributed by atoms with Crippen molar-refractivity contribution in [3.05, 3.63) is 11.1 Å². The van der Waals surface area contributed by atoms with Gasteiger partial charge in [-0.15, -0.1) is 11.3 Å². The van der Waals surface area contributed by atoms with Crippen LogP contribution in [-0.4, -0.2) is 23.7 Å². The van der Waals surface area contributed by atoms with Crippen molar-refractivity contribution in [2.75, 3.05) is 12.4 Å². The summed E-state index contributed by atoms with van der Waals surface area (Å²) in [5.41, 5.74) is 0.340. The van der Waals surface area contributed by atoms with Gasteiger partial charge in [-0.25, -0.2) is 9.78 Å². The highest BCUT2D eigenvalue weighted by Crippen LogP contribution is 2.20. The number of thiazole rings is 1.